The molecule has 0 saturated heterocycles. The van der Waals surface area contributed by atoms with Crippen molar-refractivity contribution in [3.05, 3.63) is 76.1 Å². The maximum Gasteiger partial charge on any atom is 0.237 e. The molecule has 0 unspecified atom stereocenters. The lowest BCUT2D eigenvalue weighted by molar-refractivity contribution is -0.136. The van der Waals surface area contributed by atoms with Crippen molar-refractivity contribution in [2.75, 3.05) is 39.5 Å². The molecule has 0 spiro atoms. The van der Waals surface area contributed by atoms with Gasteiger partial charge in [0.15, 0.2) is 0 Å². The highest BCUT2D eigenvalue weighted by atomic mass is 32.1. The fourth-order valence-corrected chi connectivity index (χ4v) is 5.23. The Balaban J connectivity index is 1.47. The molecule has 1 aromatic carbocycles. The normalized spacial score (nSPS) is 16.3. The summed E-state index contributed by atoms with van der Waals surface area (Å²) in [5, 5.41) is 12.4. The molecular weight excluding hydrogens is 471 g/mol. The van der Waals surface area contributed by atoms with Gasteiger partial charge in [-0.25, -0.2) is 4.39 Å². The summed E-state index contributed by atoms with van der Waals surface area (Å²) in [6.45, 7) is 4.16. The molecule has 2 aromatic heterocycles. The van der Waals surface area contributed by atoms with Crippen LogP contribution in [0.1, 0.15) is 29.2 Å². The highest BCUT2D eigenvalue weighted by Gasteiger charge is 2.33. The lowest BCUT2D eigenvalue weighted by atomic mass is 10.0. The zero-order valence-corrected chi connectivity index (χ0v) is 20.6. The number of aliphatic hydroxyl groups excluding tert-OH is 1. The topological polar surface area (TPSA) is 75.4 Å². The molecule has 2 atom stereocenters. The lowest BCUT2D eigenvalue weighted by Crippen LogP contribution is -2.47. The molecule has 0 radical (unpaired) electrons. The van der Waals surface area contributed by atoms with Crippen molar-refractivity contribution >= 4 is 17.2 Å². The first kappa shape index (κ1) is 25.4. The summed E-state index contributed by atoms with van der Waals surface area (Å²) >= 11 is 1.68. The number of amides is 1. The number of carbonyl (C=O) groups excluding carboxylic acids is 1. The number of aliphatic hydroxyl groups is 1. The second-order valence-electron chi connectivity index (χ2n) is 8.48. The Morgan fingerprint density at radius 2 is 2.23 bits per heavy atom. The molecule has 3 heterocycles. The SMILES string of the molecule is CCOC[C@@H](O)CN(CC(=O)N1CCc2sccc2[C@H]1COc1cccc(F)c1)Cc1ccco1. The second kappa shape index (κ2) is 12.3. The molecule has 9 heteroatoms. The summed E-state index contributed by atoms with van der Waals surface area (Å²) in [5.74, 6) is 0.712. The molecule has 3 aromatic rings. The van der Waals surface area contributed by atoms with Crippen LogP contribution in [-0.4, -0.2) is 66.4 Å². The predicted octanol–water partition coefficient (Wildman–Crippen LogP) is 3.88. The van der Waals surface area contributed by atoms with Gasteiger partial charge in [-0.05, 0) is 54.6 Å². The molecule has 1 N–H and O–H groups in total. The van der Waals surface area contributed by atoms with Gasteiger partial charge in [0.05, 0.1) is 38.1 Å². The van der Waals surface area contributed by atoms with E-state index in [4.69, 9.17) is 13.9 Å². The van der Waals surface area contributed by atoms with Gasteiger partial charge in [-0.15, -0.1) is 11.3 Å². The number of halogens is 1. The van der Waals surface area contributed by atoms with Gasteiger partial charge < -0.3 is 23.9 Å². The first-order valence-electron chi connectivity index (χ1n) is 11.8. The van der Waals surface area contributed by atoms with E-state index >= 15 is 0 Å². The van der Waals surface area contributed by atoms with E-state index in [1.807, 2.05) is 34.2 Å². The van der Waals surface area contributed by atoms with Gasteiger partial charge >= 0.3 is 0 Å². The molecule has 188 valence electrons. The Morgan fingerprint density at radius 1 is 1.34 bits per heavy atom. The fraction of sp³-hybridized carbons (Fsp3) is 0.423. The van der Waals surface area contributed by atoms with Crippen molar-refractivity contribution in [2.45, 2.75) is 32.0 Å². The number of thiophene rings is 1. The number of benzene rings is 1. The fourth-order valence-electron chi connectivity index (χ4n) is 4.30. The van der Waals surface area contributed by atoms with Gasteiger partial charge in [0, 0.05) is 30.6 Å². The lowest BCUT2D eigenvalue weighted by Gasteiger charge is -2.37. The molecule has 7 nitrogen and oxygen atoms in total. The zero-order valence-electron chi connectivity index (χ0n) is 19.8. The molecule has 0 aliphatic carbocycles. The molecular formula is C26H31FN2O5S. The number of rotatable bonds is 12. The van der Waals surface area contributed by atoms with Crippen molar-refractivity contribution in [3.63, 3.8) is 0 Å². The Morgan fingerprint density at radius 3 is 3.00 bits per heavy atom. The summed E-state index contributed by atoms with van der Waals surface area (Å²) in [6, 6.07) is 11.4. The Labute approximate surface area is 208 Å². The van der Waals surface area contributed by atoms with Crippen LogP contribution in [0.2, 0.25) is 0 Å². The van der Waals surface area contributed by atoms with Crippen LogP contribution in [-0.2, 0) is 22.5 Å². The highest BCUT2D eigenvalue weighted by Crippen LogP contribution is 2.34. The van der Waals surface area contributed by atoms with Gasteiger partial charge in [0.1, 0.15) is 23.9 Å². The van der Waals surface area contributed by atoms with Crippen molar-refractivity contribution in [1.29, 1.82) is 0 Å². The van der Waals surface area contributed by atoms with Crippen LogP contribution in [0, 0.1) is 5.82 Å². The van der Waals surface area contributed by atoms with Crippen LogP contribution in [0.5, 0.6) is 5.75 Å². The van der Waals surface area contributed by atoms with Crippen molar-refractivity contribution < 1.29 is 28.2 Å². The molecule has 0 fully saturated rings. The highest BCUT2D eigenvalue weighted by molar-refractivity contribution is 7.10. The van der Waals surface area contributed by atoms with E-state index in [-0.39, 0.29) is 44.1 Å². The summed E-state index contributed by atoms with van der Waals surface area (Å²) < 4.78 is 30.4. The average Bonchev–Trinajstić information content (AvgIpc) is 3.53. The maximum absolute atomic E-state index is 13.6. The maximum atomic E-state index is 13.6. The second-order valence-corrected chi connectivity index (χ2v) is 9.48. The minimum absolute atomic E-state index is 0.0649. The summed E-state index contributed by atoms with van der Waals surface area (Å²) in [7, 11) is 0. The molecule has 35 heavy (non-hydrogen) atoms. The van der Waals surface area contributed by atoms with Crippen LogP contribution in [0.25, 0.3) is 0 Å². The Hall–Kier alpha value is -2.72. The standard InChI is InChI=1S/C26H31FN2O5S/c1-2-32-17-20(30)14-28(15-22-7-4-11-33-22)16-26(31)29-10-8-25-23(9-12-35-25)24(29)18-34-21-6-3-5-19(27)13-21/h3-7,9,11-13,20,24,30H,2,8,10,14-18H2,1H3/t20-,24+/m0/s1. The number of nitrogens with zero attached hydrogens (tertiary/aromatic N) is 2. The monoisotopic (exact) mass is 502 g/mol. The van der Waals surface area contributed by atoms with Crippen LogP contribution in [0.4, 0.5) is 4.39 Å². The van der Waals surface area contributed by atoms with Gasteiger partial charge in [-0.3, -0.25) is 9.69 Å². The predicted molar refractivity (Wildman–Crippen MR) is 131 cm³/mol. The van der Waals surface area contributed by atoms with Crippen LogP contribution < -0.4 is 4.74 Å². The number of fused-ring (bicyclic) bond motifs is 1. The van der Waals surface area contributed by atoms with Gasteiger partial charge in [0.25, 0.3) is 0 Å². The average molecular weight is 503 g/mol. The third-order valence-electron chi connectivity index (χ3n) is 5.92. The minimum atomic E-state index is -0.727. The summed E-state index contributed by atoms with van der Waals surface area (Å²) in [5.41, 5.74) is 1.07. The van der Waals surface area contributed by atoms with Gasteiger partial charge in [-0.2, -0.15) is 0 Å². The first-order chi connectivity index (χ1) is 17.0. The van der Waals surface area contributed by atoms with E-state index in [9.17, 15) is 14.3 Å². The van der Waals surface area contributed by atoms with Crippen molar-refractivity contribution in [3.8, 4) is 5.75 Å². The molecule has 1 aliphatic heterocycles. The molecule has 0 bridgehead atoms. The Bertz CT molecular complexity index is 1070. The van der Waals surface area contributed by atoms with Crippen LogP contribution >= 0.6 is 11.3 Å². The number of furan rings is 1. The van der Waals surface area contributed by atoms with E-state index in [0.717, 1.165) is 12.0 Å². The molecule has 4 rings (SSSR count). The van der Waals surface area contributed by atoms with E-state index in [1.54, 1.807) is 35.8 Å². The molecule has 1 aliphatic rings. The van der Waals surface area contributed by atoms with E-state index in [0.29, 0.717) is 31.2 Å². The number of carbonyl (C=O) groups is 1. The smallest absolute Gasteiger partial charge is 0.237 e. The third kappa shape index (κ3) is 6.91. The van der Waals surface area contributed by atoms with E-state index < -0.39 is 6.10 Å². The van der Waals surface area contributed by atoms with Crippen molar-refractivity contribution in [2.24, 2.45) is 0 Å². The summed E-state index contributed by atoms with van der Waals surface area (Å²) in [6.07, 6.45) is 1.64. The molecule has 1 amide bonds. The number of ether oxygens (including phenoxy) is 2. The summed E-state index contributed by atoms with van der Waals surface area (Å²) in [4.78, 5) is 18.5. The van der Waals surface area contributed by atoms with Gasteiger partial charge in [0.2, 0.25) is 5.91 Å². The molecule has 0 saturated carbocycles. The van der Waals surface area contributed by atoms with Gasteiger partial charge in [-0.1, -0.05) is 6.07 Å². The van der Waals surface area contributed by atoms with E-state index in [2.05, 4.69) is 0 Å². The first-order valence-corrected chi connectivity index (χ1v) is 12.7. The minimum Gasteiger partial charge on any atom is -0.491 e. The quantitative estimate of drug-likeness (QED) is 0.405. The largest absolute Gasteiger partial charge is 0.491 e. The number of hydrogen-bond acceptors (Lipinski definition) is 7. The third-order valence-corrected chi connectivity index (χ3v) is 6.92. The van der Waals surface area contributed by atoms with Crippen LogP contribution in [0.3, 0.4) is 0 Å². The number of hydrogen-bond donors (Lipinski definition) is 1. The van der Waals surface area contributed by atoms with Crippen LogP contribution in [0.15, 0.2) is 58.5 Å². The zero-order chi connectivity index (χ0) is 24.6. The van der Waals surface area contributed by atoms with E-state index in [1.165, 1.54) is 17.0 Å². The van der Waals surface area contributed by atoms with Crippen molar-refractivity contribution in [1.82, 2.24) is 9.80 Å². The Kier molecular flexibility index (Phi) is 8.92.